The van der Waals surface area contributed by atoms with Gasteiger partial charge >= 0.3 is 0 Å². The molecule has 0 rings (SSSR count). The lowest BCUT2D eigenvalue weighted by atomic mass is 9.64. The molecule has 0 heterocycles. The Morgan fingerprint density at radius 1 is 0.857 bits per heavy atom. The molecule has 0 saturated carbocycles. The van der Waals surface area contributed by atoms with E-state index in [1.54, 1.807) is 0 Å². The SMILES string of the molecule is C=C(OC(C(C)(C)C)C(C)(C)C)C(C)(CCC)C(C)(C)C. The minimum Gasteiger partial charge on any atom is -0.494 e. The van der Waals surface area contributed by atoms with Gasteiger partial charge in [-0.3, -0.25) is 0 Å². The van der Waals surface area contributed by atoms with Gasteiger partial charge in [-0.25, -0.2) is 0 Å². The van der Waals surface area contributed by atoms with Crippen LogP contribution in [0.3, 0.4) is 0 Å². The van der Waals surface area contributed by atoms with E-state index in [0.29, 0.717) is 0 Å². The van der Waals surface area contributed by atoms with Crippen molar-refractivity contribution >= 4 is 0 Å². The van der Waals surface area contributed by atoms with Crippen LogP contribution in [0.2, 0.25) is 0 Å². The Hall–Kier alpha value is -0.460. The summed E-state index contributed by atoms with van der Waals surface area (Å²) in [6.45, 7) is 29.3. The van der Waals surface area contributed by atoms with Gasteiger partial charge in [0.05, 0.1) is 5.76 Å². The fourth-order valence-electron chi connectivity index (χ4n) is 3.36. The molecule has 126 valence electrons. The van der Waals surface area contributed by atoms with Crippen molar-refractivity contribution in [3.63, 3.8) is 0 Å². The van der Waals surface area contributed by atoms with Gasteiger partial charge in [-0.05, 0) is 22.7 Å². The highest BCUT2D eigenvalue weighted by molar-refractivity contribution is 5.08. The summed E-state index contributed by atoms with van der Waals surface area (Å²) < 4.78 is 6.53. The molecule has 1 heteroatoms. The maximum Gasteiger partial charge on any atom is 0.108 e. The zero-order valence-corrected chi connectivity index (χ0v) is 16.6. The van der Waals surface area contributed by atoms with Crippen molar-refractivity contribution in [2.45, 2.75) is 95.1 Å². The molecule has 0 aromatic carbocycles. The lowest BCUT2D eigenvalue weighted by molar-refractivity contribution is -0.0819. The maximum atomic E-state index is 6.53. The van der Waals surface area contributed by atoms with E-state index < -0.39 is 0 Å². The van der Waals surface area contributed by atoms with Crippen molar-refractivity contribution in [2.75, 3.05) is 0 Å². The van der Waals surface area contributed by atoms with Gasteiger partial charge in [0, 0.05) is 5.41 Å². The second kappa shape index (κ2) is 6.34. The Bertz CT molecular complexity index is 332. The summed E-state index contributed by atoms with van der Waals surface area (Å²) in [5, 5.41) is 0. The summed E-state index contributed by atoms with van der Waals surface area (Å²) in [5.74, 6) is 0.951. The fourth-order valence-corrected chi connectivity index (χ4v) is 3.36. The summed E-state index contributed by atoms with van der Waals surface area (Å²) in [7, 11) is 0. The van der Waals surface area contributed by atoms with Crippen molar-refractivity contribution in [1.29, 1.82) is 0 Å². The summed E-state index contributed by atoms with van der Waals surface area (Å²) >= 11 is 0. The molecule has 0 aliphatic carbocycles. The third-order valence-electron chi connectivity index (χ3n) is 4.85. The normalized spacial score (nSPS) is 16.8. The summed E-state index contributed by atoms with van der Waals surface area (Å²) in [6, 6.07) is 0. The Balaban J connectivity index is 5.49. The van der Waals surface area contributed by atoms with Crippen LogP contribution < -0.4 is 0 Å². The van der Waals surface area contributed by atoms with Crippen LogP contribution in [0.15, 0.2) is 12.3 Å². The van der Waals surface area contributed by atoms with Gasteiger partial charge in [0.15, 0.2) is 0 Å². The van der Waals surface area contributed by atoms with Crippen LogP contribution in [0.5, 0.6) is 0 Å². The molecule has 0 radical (unpaired) electrons. The second-order valence-electron chi connectivity index (χ2n) is 9.99. The predicted molar refractivity (Wildman–Crippen MR) is 95.4 cm³/mol. The molecule has 0 aromatic rings. The lowest BCUT2D eigenvalue weighted by Crippen LogP contribution is -2.44. The molecule has 1 atom stereocenters. The standard InChI is InChI=1S/C20H40O/c1-13-14-20(12,19(9,10)11)15(2)21-16(17(3,4)5)18(6,7)8/h16H,2,13-14H2,1,3-12H3. The topological polar surface area (TPSA) is 9.23 Å². The Morgan fingerprint density at radius 3 is 1.48 bits per heavy atom. The molecule has 1 nitrogen and oxygen atoms in total. The number of hydrogen-bond donors (Lipinski definition) is 0. The van der Waals surface area contributed by atoms with E-state index in [9.17, 15) is 0 Å². The summed E-state index contributed by atoms with van der Waals surface area (Å²) in [4.78, 5) is 0. The van der Waals surface area contributed by atoms with Crippen LogP contribution in [0.1, 0.15) is 89.0 Å². The number of ether oxygens (including phenoxy) is 1. The first-order valence-corrected chi connectivity index (χ1v) is 8.43. The van der Waals surface area contributed by atoms with Crippen molar-refractivity contribution in [2.24, 2.45) is 21.7 Å². The average molecular weight is 297 g/mol. The van der Waals surface area contributed by atoms with Gasteiger partial charge in [-0.15, -0.1) is 0 Å². The van der Waals surface area contributed by atoms with Gasteiger partial charge in [-0.1, -0.05) is 89.2 Å². The molecule has 0 amide bonds. The third kappa shape index (κ3) is 5.04. The molecule has 0 aliphatic heterocycles. The maximum absolute atomic E-state index is 6.53. The van der Waals surface area contributed by atoms with Gasteiger partial charge in [0.2, 0.25) is 0 Å². The van der Waals surface area contributed by atoms with Crippen LogP contribution in [0.4, 0.5) is 0 Å². The van der Waals surface area contributed by atoms with Crippen LogP contribution in [-0.4, -0.2) is 6.10 Å². The fraction of sp³-hybridized carbons (Fsp3) is 0.900. The van der Waals surface area contributed by atoms with Gasteiger partial charge in [-0.2, -0.15) is 0 Å². The minimum atomic E-state index is -0.00347. The number of allylic oxidation sites excluding steroid dienone is 1. The third-order valence-corrected chi connectivity index (χ3v) is 4.85. The first kappa shape index (κ1) is 20.5. The smallest absolute Gasteiger partial charge is 0.108 e. The molecule has 0 aliphatic rings. The van der Waals surface area contributed by atoms with Crippen molar-refractivity contribution < 1.29 is 4.74 Å². The van der Waals surface area contributed by atoms with E-state index in [1.165, 1.54) is 0 Å². The predicted octanol–water partition coefficient (Wildman–Crippen LogP) is 6.83. The molecular formula is C20H40O. The van der Waals surface area contributed by atoms with Crippen molar-refractivity contribution in [3.05, 3.63) is 12.3 Å². The van der Waals surface area contributed by atoms with Crippen LogP contribution in [-0.2, 0) is 4.74 Å². The Kier molecular flexibility index (Phi) is 6.20. The lowest BCUT2D eigenvalue weighted by Gasteiger charge is -2.48. The molecule has 0 saturated heterocycles. The molecule has 0 bridgehead atoms. The number of rotatable bonds is 5. The zero-order chi connectivity index (χ0) is 17.3. The van der Waals surface area contributed by atoms with Gasteiger partial charge in [0.1, 0.15) is 6.10 Å². The largest absolute Gasteiger partial charge is 0.494 e. The quantitative estimate of drug-likeness (QED) is 0.505. The van der Waals surface area contributed by atoms with E-state index in [1.807, 2.05) is 0 Å². The molecule has 0 aromatic heterocycles. The molecule has 21 heavy (non-hydrogen) atoms. The second-order valence-corrected chi connectivity index (χ2v) is 9.99. The monoisotopic (exact) mass is 296 g/mol. The first-order chi connectivity index (χ1) is 9.07. The van der Waals surface area contributed by atoms with Crippen LogP contribution in [0.25, 0.3) is 0 Å². The molecule has 1 unspecified atom stereocenters. The Labute approximate surface area is 134 Å². The highest BCUT2D eigenvalue weighted by Crippen LogP contribution is 2.50. The van der Waals surface area contributed by atoms with E-state index in [4.69, 9.17) is 4.74 Å². The highest BCUT2D eigenvalue weighted by Gasteiger charge is 2.44. The van der Waals surface area contributed by atoms with Crippen LogP contribution in [0, 0.1) is 21.7 Å². The van der Waals surface area contributed by atoms with E-state index in [-0.39, 0.29) is 27.8 Å². The van der Waals surface area contributed by atoms with E-state index in [0.717, 1.165) is 18.6 Å². The van der Waals surface area contributed by atoms with Gasteiger partial charge in [0.25, 0.3) is 0 Å². The highest BCUT2D eigenvalue weighted by atomic mass is 16.5. The van der Waals surface area contributed by atoms with E-state index >= 15 is 0 Å². The van der Waals surface area contributed by atoms with Crippen molar-refractivity contribution in [3.8, 4) is 0 Å². The summed E-state index contributed by atoms with van der Waals surface area (Å²) in [5.41, 5.74) is 0.315. The van der Waals surface area contributed by atoms with Gasteiger partial charge < -0.3 is 4.74 Å². The van der Waals surface area contributed by atoms with E-state index in [2.05, 4.69) is 82.7 Å². The molecule has 0 N–H and O–H groups in total. The first-order valence-electron chi connectivity index (χ1n) is 8.43. The average Bonchev–Trinajstić information content (AvgIpc) is 2.20. The van der Waals surface area contributed by atoms with Crippen LogP contribution >= 0.6 is 0 Å². The minimum absolute atomic E-state index is 0.00347. The summed E-state index contributed by atoms with van der Waals surface area (Å²) in [6.07, 6.45) is 2.40. The molecular weight excluding hydrogens is 256 g/mol. The zero-order valence-electron chi connectivity index (χ0n) is 16.6. The Morgan fingerprint density at radius 2 is 1.24 bits per heavy atom. The number of hydrogen-bond acceptors (Lipinski definition) is 1. The van der Waals surface area contributed by atoms with Crippen molar-refractivity contribution in [1.82, 2.24) is 0 Å². The molecule has 0 fully saturated rings. The molecule has 0 spiro atoms.